The molecule has 0 aliphatic heterocycles. The summed E-state index contributed by atoms with van der Waals surface area (Å²) in [5, 5.41) is 10.2. The number of aromatic carboxylic acids is 1. The first-order chi connectivity index (χ1) is 8.18. The van der Waals surface area contributed by atoms with E-state index in [1.165, 1.54) is 11.8 Å². The summed E-state index contributed by atoms with van der Waals surface area (Å²) in [7, 11) is 0. The van der Waals surface area contributed by atoms with Crippen molar-refractivity contribution in [3.05, 3.63) is 42.0 Å². The molecular weight excluding hydrogens is 238 g/mol. The minimum absolute atomic E-state index is 0.211. The number of aryl methyl sites for hydroxylation is 1. The maximum atomic E-state index is 11.1. The van der Waals surface area contributed by atoms with E-state index in [4.69, 9.17) is 5.11 Å². The van der Waals surface area contributed by atoms with Gasteiger partial charge in [0.05, 0.1) is 11.8 Å². The second-order valence-electron chi connectivity index (χ2n) is 3.26. The number of hydrogen-bond donors (Lipinski definition) is 1. The molecule has 2 aromatic heterocycles. The summed E-state index contributed by atoms with van der Waals surface area (Å²) in [6.45, 7) is 1.74. The summed E-state index contributed by atoms with van der Waals surface area (Å²) < 4.78 is 0. The highest BCUT2D eigenvalue weighted by Gasteiger charge is 2.15. The van der Waals surface area contributed by atoms with Crippen molar-refractivity contribution < 1.29 is 9.90 Å². The van der Waals surface area contributed by atoms with Crippen LogP contribution in [0.1, 0.15) is 15.9 Å². The minimum atomic E-state index is -0.984. The van der Waals surface area contributed by atoms with Gasteiger partial charge in [0.2, 0.25) is 0 Å². The molecule has 2 heterocycles. The Morgan fingerprint density at radius 3 is 2.76 bits per heavy atom. The zero-order valence-electron chi connectivity index (χ0n) is 8.99. The predicted octanol–water partition coefficient (Wildman–Crippen LogP) is 2.03. The minimum Gasteiger partial charge on any atom is -0.478 e. The van der Waals surface area contributed by atoms with Crippen molar-refractivity contribution >= 4 is 17.7 Å². The van der Waals surface area contributed by atoms with Crippen LogP contribution in [0.3, 0.4) is 0 Å². The van der Waals surface area contributed by atoms with Gasteiger partial charge in [-0.05, 0) is 30.3 Å². The van der Waals surface area contributed by atoms with E-state index in [1.54, 1.807) is 37.8 Å². The topological polar surface area (TPSA) is 76.0 Å². The van der Waals surface area contributed by atoms with E-state index in [-0.39, 0.29) is 5.56 Å². The van der Waals surface area contributed by atoms with E-state index in [2.05, 4.69) is 15.0 Å². The first-order valence-electron chi connectivity index (χ1n) is 4.81. The third-order valence-electron chi connectivity index (χ3n) is 2.08. The molecule has 0 unspecified atom stereocenters. The van der Waals surface area contributed by atoms with E-state index >= 15 is 0 Å². The molecular formula is C11H9N3O2S. The van der Waals surface area contributed by atoms with Gasteiger partial charge >= 0.3 is 5.97 Å². The van der Waals surface area contributed by atoms with Crippen LogP contribution in [-0.2, 0) is 0 Å². The van der Waals surface area contributed by atoms with Gasteiger partial charge in [-0.1, -0.05) is 0 Å². The largest absolute Gasteiger partial charge is 0.478 e. The van der Waals surface area contributed by atoms with Crippen molar-refractivity contribution in [2.45, 2.75) is 17.0 Å². The molecule has 0 fully saturated rings. The average Bonchev–Trinajstić information content (AvgIpc) is 2.30. The van der Waals surface area contributed by atoms with Crippen LogP contribution in [0.5, 0.6) is 0 Å². The van der Waals surface area contributed by atoms with Crippen LogP contribution in [0.15, 0.2) is 40.9 Å². The van der Waals surface area contributed by atoms with Gasteiger partial charge in [0.15, 0.2) is 0 Å². The van der Waals surface area contributed by atoms with Crippen molar-refractivity contribution in [1.29, 1.82) is 0 Å². The van der Waals surface area contributed by atoms with E-state index in [0.29, 0.717) is 15.6 Å². The Balaban J connectivity index is 2.40. The number of rotatable bonds is 3. The van der Waals surface area contributed by atoms with Crippen LogP contribution in [0.4, 0.5) is 0 Å². The molecule has 0 radical (unpaired) electrons. The summed E-state index contributed by atoms with van der Waals surface area (Å²) in [6, 6.07) is 1.67. The highest BCUT2D eigenvalue weighted by atomic mass is 32.2. The number of carboxylic acids is 1. The molecule has 0 aliphatic carbocycles. The fourth-order valence-corrected chi connectivity index (χ4v) is 2.20. The smallest absolute Gasteiger partial charge is 0.338 e. The van der Waals surface area contributed by atoms with Crippen LogP contribution in [0.25, 0.3) is 0 Å². The lowest BCUT2D eigenvalue weighted by molar-refractivity contribution is 0.0691. The van der Waals surface area contributed by atoms with E-state index in [9.17, 15) is 4.79 Å². The average molecular weight is 247 g/mol. The highest BCUT2D eigenvalue weighted by Crippen LogP contribution is 2.27. The molecule has 0 spiro atoms. The maximum Gasteiger partial charge on any atom is 0.338 e. The normalized spacial score (nSPS) is 10.2. The van der Waals surface area contributed by atoms with Gasteiger partial charge in [-0.15, -0.1) is 0 Å². The quantitative estimate of drug-likeness (QED) is 0.894. The SMILES string of the molecule is Cc1ccnc(Sc2cnccn2)c1C(=O)O. The second kappa shape index (κ2) is 4.92. The van der Waals surface area contributed by atoms with Gasteiger partial charge in [0.1, 0.15) is 10.1 Å². The summed E-state index contributed by atoms with van der Waals surface area (Å²) in [6.07, 6.45) is 6.27. The molecule has 0 atom stereocenters. The molecule has 0 bridgehead atoms. The van der Waals surface area contributed by atoms with Crippen LogP contribution < -0.4 is 0 Å². The molecule has 0 aromatic carbocycles. The Morgan fingerprint density at radius 2 is 2.12 bits per heavy atom. The molecule has 2 rings (SSSR count). The Hall–Kier alpha value is -1.95. The van der Waals surface area contributed by atoms with Crippen LogP contribution >= 0.6 is 11.8 Å². The zero-order valence-corrected chi connectivity index (χ0v) is 9.81. The van der Waals surface area contributed by atoms with Crippen LogP contribution in [0, 0.1) is 6.92 Å². The fourth-order valence-electron chi connectivity index (χ4n) is 1.31. The third kappa shape index (κ3) is 2.59. The molecule has 0 aliphatic rings. The van der Waals surface area contributed by atoms with Crippen molar-refractivity contribution in [3.63, 3.8) is 0 Å². The van der Waals surface area contributed by atoms with Gasteiger partial charge in [0, 0.05) is 18.6 Å². The highest BCUT2D eigenvalue weighted by molar-refractivity contribution is 7.99. The van der Waals surface area contributed by atoms with Gasteiger partial charge < -0.3 is 5.11 Å². The molecule has 0 saturated heterocycles. The van der Waals surface area contributed by atoms with E-state index in [0.717, 1.165) is 0 Å². The van der Waals surface area contributed by atoms with Gasteiger partial charge in [-0.25, -0.2) is 14.8 Å². The molecule has 5 nitrogen and oxygen atoms in total. The number of hydrogen-bond acceptors (Lipinski definition) is 5. The molecule has 0 saturated carbocycles. The Kier molecular flexibility index (Phi) is 3.34. The lowest BCUT2D eigenvalue weighted by Crippen LogP contribution is -2.03. The summed E-state index contributed by atoms with van der Waals surface area (Å²) >= 11 is 1.19. The standard InChI is InChI=1S/C11H9N3O2S/c1-7-2-3-14-10(9(7)11(15)16)17-8-6-12-4-5-13-8/h2-6H,1H3,(H,15,16). The predicted molar refractivity (Wildman–Crippen MR) is 62.1 cm³/mol. The maximum absolute atomic E-state index is 11.1. The summed E-state index contributed by atoms with van der Waals surface area (Å²) in [5.74, 6) is -0.984. The molecule has 1 N–H and O–H groups in total. The van der Waals surface area contributed by atoms with Crippen molar-refractivity contribution in [3.8, 4) is 0 Å². The van der Waals surface area contributed by atoms with E-state index in [1.807, 2.05) is 0 Å². The number of pyridine rings is 1. The van der Waals surface area contributed by atoms with Gasteiger partial charge in [-0.2, -0.15) is 0 Å². The second-order valence-corrected chi connectivity index (χ2v) is 4.27. The fraction of sp³-hybridized carbons (Fsp3) is 0.0909. The molecule has 2 aromatic rings. The Morgan fingerprint density at radius 1 is 1.29 bits per heavy atom. The molecule has 6 heteroatoms. The summed E-state index contributed by atoms with van der Waals surface area (Å²) in [4.78, 5) is 23.2. The van der Waals surface area contributed by atoms with Crippen molar-refractivity contribution in [1.82, 2.24) is 15.0 Å². The van der Waals surface area contributed by atoms with Gasteiger partial charge in [0.25, 0.3) is 0 Å². The van der Waals surface area contributed by atoms with Crippen LogP contribution in [0.2, 0.25) is 0 Å². The monoisotopic (exact) mass is 247 g/mol. The van der Waals surface area contributed by atoms with Crippen molar-refractivity contribution in [2.75, 3.05) is 0 Å². The molecule has 17 heavy (non-hydrogen) atoms. The molecule has 0 amide bonds. The number of carbonyl (C=O) groups is 1. The first kappa shape index (κ1) is 11.5. The van der Waals surface area contributed by atoms with Crippen LogP contribution in [-0.4, -0.2) is 26.0 Å². The zero-order chi connectivity index (χ0) is 12.3. The Labute approximate surface area is 102 Å². The van der Waals surface area contributed by atoms with Gasteiger partial charge in [-0.3, -0.25) is 4.98 Å². The first-order valence-corrected chi connectivity index (χ1v) is 5.63. The van der Waals surface area contributed by atoms with Crippen molar-refractivity contribution in [2.24, 2.45) is 0 Å². The lowest BCUT2D eigenvalue weighted by Gasteiger charge is -2.06. The third-order valence-corrected chi connectivity index (χ3v) is 3.00. The lowest BCUT2D eigenvalue weighted by atomic mass is 10.2. The number of carboxylic acid groups (broad SMARTS) is 1. The number of aromatic nitrogens is 3. The molecule has 86 valence electrons. The summed E-state index contributed by atoms with van der Waals surface area (Å²) in [5.41, 5.74) is 0.891. The Bertz CT molecular complexity index is 546. The number of nitrogens with zero attached hydrogens (tertiary/aromatic N) is 3. The van der Waals surface area contributed by atoms with E-state index < -0.39 is 5.97 Å².